The number of fused-ring (bicyclic) bond motifs is 1. The molecule has 2 heterocycles. The summed E-state index contributed by atoms with van der Waals surface area (Å²) in [6.45, 7) is 4.57. The number of nitro benzene ring substituents is 1. The van der Waals surface area contributed by atoms with Crippen molar-refractivity contribution in [3.8, 4) is 23.0 Å². The first kappa shape index (κ1) is 20.2. The lowest BCUT2D eigenvalue weighted by molar-refractivity contribution is -0.385. The predicted octanol–water partition coefficient (Wildman–Crippen LogP) is 3.47. The van der Waals surface area contributed by atoms with Gasteiger partial charge in [-0.25, -0.2) is 9.79 Å². The Hall–Kier alpha value is -4.08. The Labute approximate surface area is 176 Å². The van der Waals surface area contributed by atoms with Gasteiger partial charge in [0.05, 0.1) is 29.8 Å². The van der Waals surface area contributed by atoms with Crippen molar-refractivity contribution >= 4 is 23.6 Å². The Kier molecular flexibility index (Phi) is 5.44. The van der Waals surface area contributed by atoms with E-state index in [2.05, 4.69) is 4.99 Å². The van der Waals surface area contributed by atoms with Crippen LogP contribution >= 0.6 is 0 Å². The first-order valence-corrected chi connectivity index (χ1v) is 9.50. The maximum absolute atomic E-state index is 12.4. The monoisotopic (exact) mass is 426 g/mol. The first-order chi connectivity index (χ1) is 15.0. The third-order valence-corrected chi connectivity index (χ3v) is 4.42. The number of hydrogen-bond acceptors (Lipinski definition) is 9. The summed E-state index contributed by atoms with van der Waals surface area (Å²) in [6, 6.07) is 7.72. The zero-order valence-corrected chi connectivity index (χ0v) is 16.7. The number of nitro groups is 1. The van der Waals surface area contributed by atoms with E-state index in [0.29, 0.717) is 36.0 Å². The van der Waals surface area contributed by atoms with Crippen LogP contribution in [0.1, 0.15) is 25.0 Å². The van der Waals surface area contributed by atoms with E-state index < -0.39 is 10.9 Å². The number of aliphatic imine (C=N–C) groups is 1. The summed E-state index contributed by atoms with van der Waals surface area (Å²) in [5, 5.41) is 11.4. The molecule has 0 aromatic heterocycles. The Balaban J connectivity index is 1.70. The van der Waals surface area contributed by atoms with Crippen molar-refractivity contribution in [1.29, 1.82) is 0 Å². The summed E-state index contributed by atoms with van der Waals surface area (Å²) >= 11 is 0. The van der Waals surface area contributed by atoms with Gasteiger partial charge in [-0.3, -0.25) is 10.1 Å². The second-order valence-corrected chi connectivity index (χ2v) is 6.38. The molecule has 0 bridgehead atoms. The second-order valence-electron chi connectivity index (χ2n) is 6.38. The molecule has 4 rings (SSSR count). The molecule has 0 spiro atoms. The predicted molar refractivity (Wildman–Crippen MR) is 109 cm³/mol. The molecule has 0 saturated carbocycles. The number of hydrogen-bond donors (Lipinski definition) is 0. The molecule has 10 heteroatoms. The molecule has 0 unspecified atom stereocenters. The molecule has 0 atom stereocenters. The minimum atomic E-state index is -0.728. The zero-order chi connectivity index (χ0) is 22.0. The molecule has 10 nitrogen and oxygen atoms in total. The maximum atomic E-state index is 12.4. The van der Waals surface area contributed by atoms with Crippen LogP contribution in [0, 0.1) is 10.1 Å². The SMILES string of the molecule is CCOc1ccc(C2=N/C(=C/c3cc4c(cc3[N+](=O)[O-])OCO4)C(=O)O2)cc1OCC. The van der Waals surface area contributed by atoms with Crippen LogP contribution in [0.25, 0.3) is 6.08 Å². The fraction of sp³-hybridized carbons (Fsp3) is 0.238. The summed E-state index contributed by atoms with van der Waals surface area (Å²) in [5.41, 5.74) is 0.327. The minimum Gasteiger partial charge on any atom is -0.490 e. The van der Waals surface area contributed by atoms with Gasteiger partial charge in [0.1, 0.15) is 0 Å². The van der Waals surface area contributed by atoms with Crippen molar-refractivity contribution in [2.45, 2.75) is 13.8 Å². The molecular formula is C21H18N2O8. The van der Waals surface area contributed by atoms with Gasteiger partial charge in [0.2, 0.25) is 12.7 Å². The molecule has 0 saturated heterocycles. The number of carbonyl (C=O) groups is 1. The molecular weight excluding hydrogens is 408 g/mol. The van der Waals surface area contributed by atoms with Crippen LogP contribution in [0.3, 0.4) is 0 Å². The lowest BCUT2D eigenvalue weighted by atomic mass is 10.1. The Morgan fingerprint density at radius 3 is 2.52 bits per heavy atom. The molecule has 0 amide bonds. The molecule has 2 aliphatic heterocycles. The third kappa shape index (κ3) is 4.00. The Morgan fingerprint density at radius 2 is 1.81 bits per heavy atom. The lowest BCUT2D eigenvalue weighted by Gasteiger charge is -2.11. The maximum Gasteiger partial charge on any atom is 0.363 e. The zero-order valence-electron chi connectivity index (χ0n) is 16.7. The number of carbonyl (C=O) groups excluding carboxylic acids is 1. The molecule has 2 aromatic rings. The number of rotatable bonds is 7. The number of esters is 1. The smallest absolute Gasteiger partial charge is 0.363 e. The van der Waals surface area contributed by atoms with Crippen LogP contribution in [-0.2, 0) is 9.53 Å². The second kappa shape index (κ2) is 8.34. The van der Waals surface area contributed by atoms with Gasteiger partial charge in [-0.15, -0.1) is 0 Å². The van der Waals surface area contributed by atoms with Crippen LogP contribution in [0.15, 0.2) is 41.0 Å². The van der Waals surface area contributed by atoms with E-state index in [1.54, 1.807) is 18.2 Å². The fourth-order valence-corrected chi connectivity index (χ4v) is 3.08. The van der Waals surface area contributed by atoms with E-state index in [9.17, 15) is 14.9 Å². The quantitative estimate of drug-likeness (QED) is 0.286. The average molecular weight is 426 g/mol. The summed E-state index contributed by atoms with van der Waals surface area (Å²) in [4.78, 5) is 27.5. The molecule has 31 heavy (non-hydrogen) atoms. The van der Waals surface area contributed by atoms with Gasteiger partial charge >= 0.3 is 5.97 Å². The van der Waals surface area contributed by atoms with Crippen molar-refractivity contribution in [2.75, 3.05) is 20.0 Å². The van der Waals surface area contributed by atoms with Crippen molar-refractivity contribution < 1.29 is 33.4 Å². The highest BCUT2D eigenvalue weighted by Crippen LogP contribution is 2.39. The standard InChI is InChI=1S/C21H18N2O8/c1-3-27-16-6-5-12(8-17(16)28-4-2)20-22-14(21(24)31-20)7-13-9-18-19(30-11-29-18)10-15(13)23(25)26/h5-10H,3-4,11H2,1-2H3/b14-7+. The highest BCUT2D eigenvalue weighted by molar-refractivity contribution is 6.13. The van der Waals surface area contributed by atoms with E-state index in [1.165, 1.54) is 18.2 Å². The molecule has 0 fully saturated rings. The third-order valence-electron chi connectivity index (χ3n) is 4.42. The van der Waals surface area contributed by atoms with Gasteiger partial charge in [-0.05, 0) is 44.2 Å². The van der Waals surface area contributed by atoms with Crippen LogP contribution in [0.2, 0.25) is 0 Å². The van der Waals surface area contributed by atoms with Gasteiger partial charge in [0.15, 0.2) is 28.7 Å². The topological polar surface area (TPSA) is 119 Å². The van der Waals surface area contributed by atoms with Crippen LogP contribution in [0.4, 0.5) is 5.69 Å². The normalized spacial score (nSPS) is 15.6. The number of ether oxygens (including phenoxy) is 5. The van der Waals surface area contributed by atoms with Crippen LogP contribution in [-0.4, -0.2) is 36.8 Å². The Morgan fingerprint density at radius 1 is 1.10 bits per heavy atom. The lowest BCUT2D eigenvalue weighted by Crippen LogP contribution is -2.06. The van der Waals surface area contributed by atoms with Crippen molar-refractivity contribution in [3.05, 3.63) is 57.3 Å². The molecule has 2 aliphatic rings. The molecule has 160 valence electrons. The van der Waals surface area contributed by atoms with Gasteiger partial charge < -0.3 is 23.7 Å². The van der Waals surface area contributed by atoms with Crippen molar-refractivity contribution in [1.82, 2.24) is 0 Å². The van der Waals surface area contributed by atoms with E-state index in [-0.39, 0.29) is 35.4 Å². The summed E-state index contributed by atoms with van der Waals surface area (Å²) in [5.74, 6) is 0.998. The Bertz CT molecular complexity index is 1120. The van der Waals surface area contributed by atoms with Crippen molar-refractivity contribution in [2.24, 2.45) is 4.99 Å². The highest BCUT2D eigenvalue weighted by Gasteiger charge is 2.28. The van der Waals surface area contributed by atoms with E-state index in [4.69, 9.17) is 23.7 Å². The molecule has 0 radical (unpaired) electrons. The largest absolute Gasteiger partial charge is 0.490 e. The van der Waals surface area contributed by atoms with E-state index >= 15 is 0 Å². The van der Waals surface area contributed by atoms with Crippen molar-refractivity contribution in [3.63, 3.8) is 0 Å². The summed E-state index contributed by atoms with van der Waals surface area (Å²) in [6.07, 6.45) is 1.29. The fourth-order valence-electron chi connectivity index (χ4n) is 3.08. The first-order valence-electron chi connectivity index (χ1n) is 9.50. The van der Waals surface area contributed by atoms with Gasteiger partial charge in [0.25, 0.3) is 5.69 Å². The van der Waals surface area contributed by atoms with Gasteiger partial charge in [-0.1, -0.05) is 0 Å². The molecule has 2 aromatic carbocycles. The van der Waals surface area contributed by atoms with Crippen LogP contribution in [0.5, 0.6) is 23.0 Å². The molecule has 0 N–H and O–H groups in total. The number of nitrogens with zero attached hydrogens (tertiary/aromatic N) is 2. The van der Waals surface area contributed by atoms with Gasteiger partial charge in [-0.2, -0.15) is 0 Å². The van der Waals surface area contributed by atoms with E-state index in [1.807, 2.05) is 13.8 Å². The minimum absolute atomic E-state index is 0.0310. The van der Waals surface area contributed by atoms with Crippen LogP contribution < -0.4 is 18.9 Å². The highest BCUT2D eigenvalue weighted by atomic mass is 16.7. The number of benzene rings is 2. The number of cyclic esters (lactones) is 1. The summed E-state index contributed by atoms with van der Waals surface area (Å²) < 4.78 is 26.8. The average Bonchev–Trinajstić information content (AvgIpc) is 3.35. The summed E-state index contributed by atoms with van der Waals surface area (Å²) in [7, 11) is 0. The van der Waals surface area contributed by atoms with E-state index in [0.717, 1.165) is 0 Å². The molecule has 0 aliphatic carbocycles. The van der Waals surface area contributed by atoms with Gasteiger partial charge in [0, 0.05) is 5.56 Å².